The molecule has 0 aromatic heterocycles. The van der Waals surface area contributed by atoms with Gasteiger partial charge in [0.25, 0.3) is 0 Å². The Balaban J connectivity index is 3.61. The van der Waals surface area contributed by atoms with E-state index in [9.17, 15) is 0 Å². The standard InChI is InChI=1S/C13H28O/c1-6-9-12(3)10-8-11-13(4,7-2)14-5/h12H,6-11H2,1-5H3. The highest BCUT2D eigenvalue weighted by Gasteiger charge is 2.20. The first-order chi connectivity index (χ1) is 6.58. The summed E-state index contributed by atoms with van der Waals surface area (Å²) in [5, 5.41) is 0. The highest BCUT2D eigenvalue weighted by Crippen LogP contribution is 2.24. The van der Waals surface area contributed by atoms with Crippen LogP contribution in [0.3, 0.4) is 0 Å². The molecule has 1 heteroatoms. The molecule has 0 aliphatic carbocycles. The second-order valence-electron chi connectivity index (χ2n) is 4.79. The predicted octanol–water partition coefficient (Wildman–Crippen LogP) is 4.41. The van der Waals surface area contributed by atoms with Crippen LogP contribution in [0.5, 0.6) is 0 Å². The fraction of sp³-hybridized carbons (Fsp3) is 1.00. The van der Waals surface area contributed by atoms with Crippen molar-refractivity contribution in [1.29, 1.82) is 0 Å². The fourth-order valence-corrected chi connectivity index (χ4v) is 1.88. The molecule has 0 saturated heterocycles. The summed E-state index contributed by atoms with van der Waals surface area (Å²) < 4.78 is 5.53. The zero-order chi connectivity index (χ0) is 11.0. The Morgan fingerprint density at radius 3 is 2.29 bits per heavy atom. The van der Waals surface area contributed by atoms with Gasteiger partial charge >= 0.3 is 0 Å². The third-order valence-corrected chi connectivity index (χ3v) is 3.42. The van der Waals surface area contributed by atoms with Gasteiger partial charge in [-0.3, -0.25) is 0 Å². The monoisotopic (exact) mass is 200 g/mol. The van der Waals surface area contributed by atoms with Crippen LogP contribution in [-0.4, -0.2) is 12.7 Å². The number of hydrogen-bond donors (Lipinski definition) is 0. The second kappa shape index (κ2) is 7.28. The van der Waals surface area contributed by atoms with Crippen molar-refractivity contribution >= 4 is 0 Å². The van der Waals surface area contributed by atoms with Gasteiger partial charge in [0, 0.05) is 7.11 Å². The molecule has 0 spiro atoms. The van der Waals surface area contributed by atoms with E-state index in [2.05, 4.69) is 27.7 Å². The molecule has 0 heterocycles. The van der Waals surface area contributed by atoms with E-state index in [0.717, 1.165) is 12.3 Å². The van der Waals surface area contributed by atoms with Crippen molar-refractivity contribution in [3.8, 4) is 0 Å². The first kappa shape index (κ1) is 14.0. The fourth-order valence-electron chi connectivity index (χ4n) is 1.88. The van der Waals surface area contributed by atoms with Crippen molar-refractivity contribution in [1.82, 2.24) is 0 Å². The van der Waals surface area contributed by atoms with Gasteiger partial charge in [-0.25, -0.2) is 0 Å². The van der Waals surface area contributed by atoms with Crippen LogP contribution >= 0.6 is 0 Å². The molecule has 0 amide bonds. The van der Waals surface area contributed by atoms with E-state index >= 15 is 0 Å². The molecule has 0 bridgehead atoms. The van der Waals surface area contributed by atoms with Crippen LogP contribution in [0, 0.1) is 5.92 Å². The SMILES string of the molecule is CCCC(C)CCCC(C)(CC)OC. The number of rotatable bonds is 8. The van der Waals surface area contributed by atoms with Crippen molar-refractivity contribution in [2.45, 2.75) is 71.8 Å². The Morgan fingerprint density at radius 1 is 1.21 bits per heavy atom. The van der Waals surface area contributed by atoms with Crippen molar-refractivity contribution in [3.05, 3.63) is 0 Å². The molecule has 0 aliphatic rings. The Hall–Kier alpha value is -0.0400. The van der Waals surface area contributed by atoms with E-state index in [1.165, 1.54) is 32.1 Å². The van der Waals surface area contributed by atoms with Gasteiger partial charge in [-0.05, 0) is 25.7 Å². The summed E-state index contributed by atoms with van der Waals surface area (Å²) in [7, 11) is 1.83. The molecule has 1 nitrogen and oxygen atoms in total. The molecule has 86 valence electrons. The molecular formula is C13H28O. The lowest BCUT2D eigenvalue weighted by molar-refractivity contribution is -0.00681. The summed E-state index contributed by atoms with van der Waals surface area (Å²) in [6.45, 7) is 9.05. The molecule has 2 atom stereocenters. The van der Waals surface area contributed by atoms with Gasteiger partial charge in [0.2, 0.25) is 0 Å². The summed E-state index contributed by atoms with van der Waals surface area (Å²) >= 11 is 0. The third-order valence-electron chi connectivity index (χ3n) is 3.42. The lowest BCUT2D eigenvalue weighted by Crippen LogP contribution is -2.26. The van der Waals surface area contributed by atoms with Crippen LogP contribution in [-0.2, 0) is 4.74 Å². The zero-order valence-electron chi connectivity index (χ0n) is 10.7. The molecule has 0 aromatic carbocycles. The van der Waals surface area contributed by atoms with Crippen molar-refractivity contribution in [2.24, 2.45) is 5.92 Å². The van der Waals surface area contributed by atoms with E-state index in [4.69, 9.17) is 4.74 Å². The van der Waals surface area contributed by atoms with Gasteiger partial charge in [0.15, 0.2) is 0 Å². The highest BCUT2D eigenvalue weighted by molar-refractivity contribution is 4.72. The third kappa shape index (κ3) is 5.64. The maximum absolute atomic E-state index is 5.53. The van der Waals surface area contributed by atoms with E-state index in [0.29, 0.717) is 0 Å². The van der Waals surface area contributed by atoms with Crippen LogP contribution in [0.4, 0.5) is 0 Å². The predicted molar refractivity (Wildman–Crippen MR) is 63.6 cm³/mol. The molecule has 0 N–H and O–H groups in total. The van der Waals surface area contributed by atoms with Gasteiger partial charge in [-0.15, -0.1) is 0 Å². The van der Waals surface area contributed by atoms with Gasteiger partial charge in [0.05, 0.1) is 5.60 Å². The first-order valence-electron chi connectivity index (χ1n) is 6.13. The van der Waals surface area contributed by atoms with Crippen LogP contribution in [0.1, 0.15) is 66.2 Å². The van der Waals surface area contributed by atoms with Gasteiger partial charge in [-0.2, -0.15) is 0 Å². The molecule has 0 saturated carbocycles. The summed E-state index contributed by atoms with van der Waals surface area (Å²) in [6.07, 6.45) is 7.66. The maximum Gasteiger partial charge on any atom is 0.0648 e. The van der Waals surface area contributed by atoms with Crippen LogP contribution < -0.4 is 0 Å². The van der Waals surface area contributed by atoms with Crippen LogP contribution in [0.15, 0.2) is 0 Å². The number of ether oxygens (including phenoxy) is 1. The number of methoxy groups -OCH3 is 1. The molecule has 0 rings (SSSR count). The zero-order valence-corrected chi connectivity index (χ0v) is 10.7. The Morgan fingerprint density at radius 2 is 1.86 bits per heavy atom. The number of hydrogen-bond acceptors (Lipinski definition) is 1. The van der Waals surface area contributed by atoms with Crippen LogP contribution in [0.25, 0.3) is 0 Å². The van der Waals surface area contributed by atoms with E-state index in [-0.39, 0.29) is 5.60 Å². The largest absolute Gasteiger partial charge is 0.379 e. The lowest BCUT2D eigenvalue weighted by atomic mass is 9.92. The smallest absolute Gasteiger partial charge is 0.0648 e. The molecule has 14 heavy (non-hydrogen) atoms. The average Bonchev–Trinajstić information content (AvgIpc) is 2.18. The van der Waals surface area contributed by atoms with Crippen LogP contribution in [0.2, 0.25) is 0 Å². The molecular weight excluding hydrogens is 172 g/mol. The minimum absolute atomic E-state index is 0.117. The molecule has 0 radical (unpaired) electrons. The Kier molecular flexibility index (Phi) is 7.26. The van der Waals surface area contributed by atoms with Crippen molar-refractivity contribution in [2.75, 3.05) is 7.11 Å². The summed E-state index contributed by atoms with van der Waals surface area (Å²) in [4.78, 5) is 0. The first-order valence-corrected chi connectivity index (χ1v) is 6.13. The van der Waals surface area contributed by atoms with Crippen molar-refractivity contribution in [3.63, 3.8) is 0 Å². The minimum atomic E-state index is 0.117. The second-order valence-corrected chi connectivity index (χ2v) is 4.79. The van der Waals surface area contributed by atoms with E-state index < -0.39 is 0 Å². The lowest BCUT2D eigenvalue weighted by Gasteiger charge is -2.27. The summed E-state index contributed by atoms with van der Waals surface area (Å²) in [6, 6.07) is 0. The average molecular weight is 200 g/mol. The minimum Gasteiger partial charge on any atom is -0.379 e. The highest BCUT2D eigenvalue weighted by atomic mass is 16.5. The quantitative estimate of drug-likeness (QED) is 0.564. The van der Waals surface area contributed by atoms with E-state index in [1.807, 2.05) is 7.11 Å². The Labute approximate surface area is 90.2 Å². The summed E-state index contributed by atoms with van der Waals surface area (Å²) in [5.41, 5.74) is 0.117. The van der Waals surface area contributed by atoms with Gasteiger partial charge < -0.3 is 4.74 Å². The molecule has 0 aliphatic heterocycles. The topological polar surface area (TPSA) is 9.23 Å². The van der Waals surface area contributed by atoms with Gasteiger partial charge in [-0.1, -0.05) is 46.5 Å². The molecule has 2 unspecified atom stereocenters. The summed E-state index contributed by atoms with van der Waals surface area (Å²) in [5.74, 6) is 0.887. The molecule has 0 fully saturated rings. The van der Waals surface area contributed by atoms with Crippen molar-refractivity contribution < 1.29 is 4.74 Å². The molecule has 0 aromatic rings. The van der Waals surface area contributed by atoms with E-state index in [1.54, 1.807) is 0 Å². The maximum atomic E-state index is 5.53. The normalized spacial score (nSPS) is 17.8. The van der Waals surface area contributed by atoms with Gasteiger partial charge in [0.1, 0.15) is 0 Å². The Bertz CT molecular complexity index is 127.